The van der Waals surface area contributed by atoms with Gasteiger partial charge in [-0.2, -0.15) is 5.10 Å². The molecule has 9 nitrogen and oxygen atoms in total. The van der Waals surface area contributed by atoms with Crippen molar-refractivity contribution >= 4 is 11.8 Å². The van der Waals surface area contributed by atoms with E-state index >= 15 is 4.39 Å². The monoisotopic (exact) mass is 560 g/mol. The van der Waals surface area contributed by atoms with Crippen LogP contribution in [0.25, 0.3) is 22.9 Å². The Morgan fingerprint density at radius 2 is 1.73 bits per heavy atom. The minimum atomic E-state index is -1.23. The first-order valence-corrected chi connectivity index (χ1v) is 12.8. The third-order valence-corrected chi connectivity index (χ3v) is 7.44. The van der Waals surface area contributed by atoms with Crippen molar-refractivity contribution in [2.24, 2.45) is 0 Å². The Hall–Kier alpha value is -5.00. The molecule has 41 heavy (non-hydrogen) atoms. The summed E-state index contributed by atoms with van der Waals surface area (Å²) < 4.78 is 49.4. The van der Waals surface area contributed by atoms with Crippen molar-refractivity contribution in [3.63, 3.8) is 0 Å². The number of anilines is 1. The van der Waals surface area contributed by atoms with Gasteiger partial charge in [-0.15, -0.1) is 0 Å². The van der Waals surface area contributed by atoms with E-state index in [4.69, 9.17) is 4.52 Å². The lowest BCUT2D eigenvalue weighted by Gasteiger charge is -2.39. The molecule has 1 N–H and O–H groups in total. The van der Waals surface area contributed by atoms with Crippen LogP contribution in [0.1, 0.15) is 24.0 Å². The fraction of sp³-hybridized carbons (Fsp3) is 0.207. The largest absolute Gasteiger partial charge is 0.481 e. The average molecular weight is 561 g/mol. The molecular formula is C29H23F3N6O3. The summed E-state index contributed by atoms with van der Waals surface area (Å²) in [7, 11) is 0. The lowest BCUT2D eigenvalue weighted by atomic mass is 9.73. The molecule has 1 aliphatic rings. The van der Waals surface area contributed by atoms with Crippen molar-refractivity contribution in [3.05, 3.63) is 102 Å². The highest BCUT2D eigenvalue weighted by atomic mass is 19.1. The van der Waals surface area contributed by atoms with Crippen LogP contribution in [0.4, 0.5) is 19.0 Å². The zero-order valence-corrected chi connectivity index (χ0v) is 21.5. The lowest BCUT2D eigenvalue weighted by molar-refractivity contribution is -0.144. The van der Waals surface area contributed by atoms with E-state index in [2.05, 4.69) is 20.2 Å². The van der Waals surface area contributed by atoms with E-state index in [0.717, 1.165) is 6.20 Å². The molecule has 0 spiro atoms. The normalized spacial score (nSPS) is 14.8. The highest BCUT2D eigenvalue weighted by molar-refractivity contribution is 5.82. The molecule has 5 aromatic rings. The zero-order chi connectivity index (χ0) is 28.6. The lowest BCUT2D eigenvalue weighted by Crippen LogP contribution is -2.48. The number of aromatic nitrogens is 5. The van der Waals surface area contributed by atoms with Crippen molar-refractivity contribution in [3.8, 4) is 22.9 Å². The Bertz CT molecular complexity index is 1700. The number of carbonyl (C=O) groups is 1. The molecule has 4 heterocycles. The average Bonchev–Trinajstić information content (AvgIpc) is 3.65. The second-order valence-electron chi connectivity index (χ2n) is 9.79. The number of halogens is 3. The van der Waals surface area contributed by atoms with Gasteiger partial charge in [0, 0.05) is 24.7 Å². The van der Waals surface area contributed by atoms with Gasteiger partial charge in [0.1, 0.15) is 29.3 Å². The number of carboxylic acids is 1. The molecule has 0 atom stereocenters. The quantitative estimate of drug-likeness (QED) is 0.293. The van der Waals surface area contributed by atoms with Crippen molar-refractivity contribution in [2.75, 3.05) is 18.0 Å². The third kappa shape index (κ3) is 4.92. The van der Waals surface area contributed by atoms with E-state index in [9.17, 15) is 18.7 Å². The van der Waals surface area contributed by atoms with Crippen LogP contribution in [-0.2, 0) is 16.8 Å². The number of hydrogen-bond donors (Lipinski definition) is 1. The Morgan fingerprint density at radius 1 is 0.976 bits per heavy atom. The van der Waals surface area contributed by atoms with Gasteiger partial charge >= 0.3 is 5.97 Å². The summed E-state index contributed by atoms with van der Waals surface area (Å²) in [5.41, 5.74) is 0.969. The Labute approximate surface area is 231 Å². The number of aliphatic carboxylic acids is 1. The van der Waals surface area contributed by atoms with Crippen LogP contribution >= 0.6 is 0 Å². The fourth-order valence-electron chi connectivity index (χ4n) is 5.18. The minimum Gasteiger partial charge on any atom is -0.481 e. The highest BCUT2D eigenvalue weighted by Gasteiger charge is 2.43. The molecule has 0 saturated carbocycles. The molecule has 0 unspecified atom stereocenters. The first-order chi connectivity index (χ1) is 19.8. The van der Waals surface area contributed by atoms with Crippen molar-refractivity contribution in [1.82, 2.24) is 24.9 Å². The number of rotatable bonds is 7. The van der Waals surface area contributed by atoms with Gasteiger partial charge < -0.3 is 14.5 Å². The molecule has 0 radical (unpaired) electrons. The predicted octanol–water partition coefficient (Wildman–Crippen LogP) is 5.08. The van der Waals surface area contributed by atoms with Gasteiger partial charge in [-0.3, -0.25) is 9.48 Å². The van der Waals surface area contributed by atoms with Crippen LogP contribution in [-0.4, -0.2) is 49.1 Å². The van der Waals surface area contributed by atoms with Crippen molar-refractivity contribution < 1.29 is 27.6 Å². The van der Waals surface area contributed by atoms with Crippen molar-refractivity contribution in [2.45, 2.75) is 24.8 Å². The molecule has 0 bridgehead atoms. The summed E-state index contributed by atoms with van der Waals surface area (Å²) in [6.45, 7) is 0.488. The number of benzene rings is 2. The molecular weight excluding hydrogens is 537 g/mol. The topological polar surface area (TPSA) is 110 Å². The maximum atomic E-state index is 15.0. The number of piperidine rings is 1. The summed E-state index contributed by atoms with van der Waals surface area (Å²) in [6, 6.07) is 15.1. The van der Waals surface area contributed by atoms with Gasteiger partial charge in [-0.1, -0.05) is 35.5 Å². The van der Waals surface area contributed by atoms with Gasteiger partial charge in [0.15, 0.2) is 17.5 Å². The molecule has 208 valence electrons. The first kappa shape index (κ1) is 26.2. The van der Waals surface area contributed by atoms with Gasteiger partial charge in [-0.05, 0) is 42.7 Å². The van der Waals surface area contributed by atoms with E-state index in [-0.39, 0.29) is 49.9 Å². The van der Waals surface area contributed by atoms with Crippen LogP contribution in [0.2, 0.25) is 0 Å². The smallest absolute Gasteiger partial charge is 0.314 e. The third-order valence-electron chi connectivity index (χ3n) is 7.44. The molecule has 0 aliphatic carbocycles. The molecule has 12 heteroatoms. The Balaban J connectivity index is 1.30. The zero-order valence-electron chi connectivity index (χ0n) is 21.5. The van der Waals surface area contributed by atoms with Crippen LogP contribution in [0.15, 0.2) is 77.6 Å². The molecule has 2 aromatic carbocycles. The Morgan fingerprint density at radius 3 is 2.41 bits per heavy atom. The van der Waals surface area contributed by atoms with E-state index in [1.807, 2.05) is 0 Å². The van der Waals surface area contributed by atoms with E-state index < -0.39 is 23.0 Å². The maximum Gasteiger partial charge on any atom is 0.314 e. The summed E-state index contributed by atoms with van der Waals surface area (Å²) in [6.07, 6.45) is 2.78. The summed E-state index contributed by atoms with van der Waals surface area (Å²) in [5.74, 6) is -2.38. The fourth-order valence-corrected chi connectivity index (χ4v) is 5.18. The molecule has 1 saturated heterocycles. The summed E-state index contributed by atoms with van der Waals surface area (Å²) in [5, 5.41) is 18.6. The van der Waals surface area contributed by atoms with Crippen LogP contribution in [0.5, 0.6) is 0 Å². The predicted molar refractivity (Wildman–Crippen MR) is 141 cm³/mol. The minimum absolute atomic E-state index is 0.0136. The maximum absolute atomic E-state index is 15.0. The second-order valence-corrected chi connectivity index (χ2v) is 9.79. The molecule has 0 amide bonds. The SMILES string of the molecule is O=C(O)C1(c2ccc(F)cc2)CCN(c2nc(-c3cc(-c4ccon4)n(Cc4ccccc4F)n3)ncc2F)CC1. The van der Waals surface area contributed by atoms with Gasteiger partial charge in [0.25, 0.3) is 0 Å². The molecule has 3 aromatic heterocycles. The van der Waals surface area contributed by atoms with E-state index in [0.29, 0.717) is 28.2 Å². The number of carboxylic acid groups (broad SMARTS) is 1. The Kier molecular flexibility index (Phi) is 6.73. The van der Waals surface area contributed by atoms with Crippen LogP contribution in [0.3, 0.4) is 0 Å². The van der Waals surface area contributed by atoms with Gasteiger partial charge in [0.2, 0.25) is 0 Å². The standard InChI is InChI=1S/C29H23F3N6O3/c30-20-7-5-19(6-8-20)29(28(39)40)10-12-37(13-11-29)27-22(32)16-33-26(34-27)24-15-25(23-9-14-41-36-23)38(35-24)17-18-3-1-2-4-21(18)31/h1-9,14-16H,10-13,17H2,(H,39,40). The molecule has 1 fully saturated rings. The van der Waals surface area contributed by atoms with E-state index in [1.165, 1.54) is 36.6 Å². The van der Waals surface area contributed by atoms with Crippen LogP contribution < -0.4 is 4.90 Å². The summed E-state index contributed by atoms with van der Waals surface area (Å²) >= 11 is 0. The number of hydrogen-bond acceptors (Lipinski definition) is 7. The van der Waals surface area contributed by atoms with Gasteiger partial charge in [0.05, 0.1) is 23.9 Å². The highest BCUT2D eigenvalue weighted by Crippen LogP contribution is 2.38. The van der Waals surface area contributed by atoms with Crippen LogP contribution in [0, 0.1) is 17.5 Å². The summed E-state index contributed by atoms with van der Waals surface area (Å²) in [4.78, 5) is 22.6. The number of nitrogens with zero attached hydrogens (tertiary/aromatic N) is 6. The molecule has 6 rings (SSSR count). The van der Waals surface area contributed by atoms with Crippen molar-refractivity contribution in [1.29, 1.82) is 0 Å². The van der Waals surface area contributed by atoms with E-state index in [1.54, 1.807) is 39.9 Å². The first-order valence-electron chi connectivity index (χ1n) is 12.8. The second kappa shape index (κ2) is 10.5. The van der Waals surface area contributed by atoms with Gasteiger partial charge in [-0.25, -0.2) is 23.1 Å². The molecule has 1 aliphatic heterocycles.